The summed E-state index contributed by atoms with van der Waals surface area (Å²) in [6.45, 7) is 4.24. The maximum absolute atomic E-state index is 12.8. The number of quaternary nitrogens is 1. The van der Waals surface area contributed by atoms with Crippen LogP contribution in [0.1, 0.15) is 219 Å². The molecule has 0 aliphatic heterocycles. The first-order chi connectivity index (χ1) is 32.0. The fourth-order valence-electron chi connectivity index (χ4n) is 7.10. The third-order valence-corrected chi connectivity index (χ3v) is 12.2. The van der Waals surface area contributed by atoms with Gasteiger partial charge in [-0.1, -0.05) is 202 Å². The molecule has 0 saturated carbocycles. The molecule has 382 valence electrons. The summed E-state index contributed by atoms with van der Waals surface area (Å²) in [6, 6.07) is 0. The molecule has 0 aromatic heterocycles. The van der Waals surface area contributed by atoms with E-state index in [1.54, 1.807) is 0 Å². The maximum Gasteiger partial charge on any atom is 0.472 e. The van der Waals surface area contributed by atoms with Gasteiger partial charge in [-0.3, -0.25) is 18.6 Å². The van der Waals surface area contributed by atoms with Crippen molar-refractivity contribution in [3.8, 4) is 0 Å². The van der Waals surface area contributed by atoms with Crippen LogP contribution in [0.25, 0.3) is 0 Å². The van der Waals surface area contributed by atoms with E-state index >= 15 is 0 Å². The number of phosphoric acid groups is 1. The number of phosphoric ester groups is 1. The van der Waals surface area contributed by atoms with Crippen molar-refractivity contribution in [3.05, 3.63) is 72.9 Å². The molecule has 0 saturated heterocycles. The van der Waals surface area contributed by atoms with Gasteiger partial charge in [-0.05, 0) is 77.0 Å². The third-order valence-electron chi connectivity index (χ3n) is 11.2. The molecule has 0 aromatic rings. The first kappa shape index (κ1) is 63.5. The Bertz CT molecular complexity index is 1350. The van der Waals surface area contributed by atoms with Gasteiger partial charge in [0.1, 0.15) is 19.8 Å². The number of ether oxygens (including phenoxy) is 2. The summed E-state index contributed by atoms with van der Waals surface area (Å²) in [4.78, 5) is 35.5. The number of carbonyl (C=O) groups excluding carboxylic acids is 2. The highest BCUT2D eigenvalue weighted by Crippen LogP contribution is 2.43. The Morgan fingerprint density at radius 3 is 1.29 bits per heavy atom. The molecule has 10 heteroatoms. The standard InChI is InChI=1S/C56H100NO8P/c1-6-8-10-12-14-16-18-20-21-22-23-24-25-26-27-28-29-30-31-32-33-34-35-37-39-41-43-45-47-49-56(59)65-54(53-64-66(60,61)63-51-50-57(3,4)5)52-62-55(58)48-46-44-42-40-38-36-19-17-15-13-11-9-7-2/h8,10-11,13-14,16-17,19-21,23-24,54H,6-7,9,12,15,18,22,25-53H2,1-5H3/p+1/b10-8-,13-11-,16-14-,19-17-,21-20-,24-23-. The van der Waals surface area contributed by atoms with Gasteiger partial charge in [-0.2, -0.15) is 0 Å². The van der Waals surface area contributed by atoms with Crippen LogP contribution in [-0.2, 0) is 32.7 Å². The van der Waals surface area contributed by atoms with E-state index in [1.165, 1.54) is 89.9 Å². The number of likely N-dealkylation sites (N-methyl/N-ethyl adjacent to an activating group) is 1. The average molecular weight is 947 g/mol. The highest BCUT2D eigenvalue weighted by Gasteiger charge is 2.27. The molecule has 0 aliphatic carbocycles. The van der Waals surface area contributed by atoms with E-state index in [1.807, 2.05) is 21.1 Å². The Morgan fingerprint density at radius 1 is 0.485 bits per heavy atom. The summed E-state index contributed by atoms with van der Waals surface area (Å²) in [5, 5.41) is 0. The van der Waals surface area contributed by atoms with Gasteiger partial charge in [0.2, 0.25) is 0 Å². The minimum atomic E-state index is -4.38. The van der Waals surface area contributed by atoms with Gasteiger partial charge in [0, 0.05) is 12.8 Å². The smallest absolute Gasteiger partial charge is 0.462 e. The van der Waals surface area contributed by atoms with Crippen molar-refractivity contribution in [2.45, 2.75) is 225 Å². The van der Waals surface area contributed by atoms with Crippen molar-refractivity contribution in [3.63, 3.8) is 0 Å². The second-order valence-corrected chi connectivity index (χ2v) is 20.3. The van der Waals surface area contributed by atoms with Crippen LogP contribution in [-0.4, -0.2) is 74.9 Å². The monoisotopic (exact) mass is 947 g/mol. The van der Waals surface area contributed by atoms with E-state index in [0.29, 0.717) is 17.4 Å². The first-order valence-corrected chi connectivity index (χ1v) is 28.2. The van der Waals surface area contributed by atoms with E-state index in [0.717, 1.165) is 96.3 Å². The quantitative estimate of drug-likeness (QED) is 0.0211. The SMILES string of the molecule is CC/C=C\C/C=C\C/C=C\C/C=C\CCCCCCCCCCCCCCCCCCC(=O)OC(COC(=O)CCCCCCC/C=C\C/C=C\CCC)COP(=O)(O)OCC[N+](C)(C)C. The molecule has 0 aliphatic rings. The van der Waals surface area contributed by atoms with Crippen LogP contribution in [0.3, 0.4) is 0 Å². The highest BCUT2D eigenvalue weighted by atomic mass is 31.2. The molecule has 9 nitrogen and oxygen atoms in total. The van der Waals surface area contributed by atoms with Crippen molar-refractivity contribution in [1.82, 2.24) is 0 Å². The van der Waals surface area contributed by atoms with Crippen LogP contribution in [0.15, 0.2) is 72.9 Å². The maximum atomic E-state index is 12.8. The Labute approximate surface area is 406 Å². The molecular formula is C56H101NO8P+. The molecule has 2 unspecified atom stereocenters. The highest BCUT2D eigenvalue weighted by molar-refractivity contribution is 7.47. The molecule has 0 fully saturated rings. The molecule has 1 N–H and O–H groups in total. The van der Waals surface area contributed by atoms with Crippen LogP contribution in [0.4, 0.5) is 0 Å². The molecule has 0 aromatic carbocycles. The number of hydrogen-bond donors (Lipinski definition) is 1. The number of allylic oxidation sites excluding steroid dienone is 12. The Kier molecular flexibility index (Phi) is 45.7. The molecular weight excluding hydrogens is 846 g/mol. The third kappa shape index (κ3) is 50.9. The fraction of sp³-hybridized carbons (Fsp3) is 0.750. The predicted octanol–water partition coefficient (Wildman–Crippen LogP) is 16.1. The van der Waals surface area contributed by atoms with Crippen molar-refractivity contribution in [1.29, 1.82) is 0 Å². The van der Waals surface area contributed by atoms with Crippen LogP contribution in [0.2, 0.25) is 0 Å². The zero-order valence-electron chi connectivity index (χ0n) is 43.2. The number of unbranched alkanes of at least 4 members (excludes halogenated alkanes) is 22. The number of rotatable bonds is 48. The van der Waals surface area contributed by atoms with E-state index in [-0.39, 0.29) is 32.0 Å². The lowest BCUT2D eigenvalue weighted by molar-refractivity contribution is -0.870. The van der Waals surface area contributed by atoms with Gasteiger partial charge in [0.15, 0.2) is 6.10 Å². The Balaban J connectivity index is 4.11. The lowest BCUT2D eigenvalue weighted by Crippen LogP contribution is -2.37. The first-order valence-electron chi connectivity index (χ1n) is 26.7. The second kappa shape index (κ2) is 47.5. The molecule has 0 spiro atoms. The minimum absolute atomic E-state index is 0.0275. The minimum Gasteiger partial charge on any atom is -0.462 e. The number of esters is 2. The molecule has 0 rings (SSSR count). The van der Waals surface area contributed by atoms with Crippen molar-refractivity contribution >= 4 is 19.8 Å². The van der Waals surface area contributed by atoms with Gasteiger partial charge >= 0.3 is 19.8 Å². The van der Waals surface area contributed by atoms with Gasteiger partial charge in [-0.25, -0.2) is 4.57 Å². The normalized spacial score (nSPS) is 14.0. The lowest BCUT2D eigenvalue weighted by atomic mass is 10.0. The van der Waals surface area contributed by atoms with E-state index in [4.69, 9.17) is 18.5 Å². The van der Waals surface area contributed by atoms with Crippen molar-refractivity contribution in [2.75, 3.05) is 47.5 Å². The summed E-state index contributed by atoms with van der Waals surface area (Å²) in [6.07, 6.45) is 61.1. The molecule has 0 amide bonds. The second-order valence-electron chi connectivity index (χ2n) is 18.9. The average Bonchev–Trinajstić information content (AvgIpc) is 3.27. The van der Waals surface area contributed by atoms with E-state index in [9.17, 15) is 19.0 Å². The Morgan fingerprint density at radius 2 is 0.864 bits per heavy atom. The fourth-order valence-corrected chi connectivity index (χ4v) is 7.84. The summed E-state index contributed by atoms with van der Waals surface area (Å²) in [7, 11) is 1.47. The zero-order chi connectivity index (χ0) is 48.5. The van der Waals surface area contributed by atoms with Gasteiger partial charge in [0.25, 0.3) is 0 Å². The topological polar surface area (TPSA) is 108 Å². The predicted molar refractivity (Wildman–Crippen MR) is 279 cm³/mol. The van der Waals surface area contributed by atoms with Crippen LogP contribution >= 0.6 is 7.82 Å². The lowest BCUT2D eigenvalue weighted by Gasteiger charge is -2.24. The van der Waals surface area contributed by atoms with Crippen LogP contribution in [0, 0.1) is 0 Å². The van der Waals surface area contributed by atoms with E-state index < -0.39 is 26.5 Å². The summed E-state index contributed by atoms with van der Waals surface area (Å²) in [5.74, 6) is -0.814. The molecule has 0 heterocycles. The van der Waals surface area contributed by atoms with Gasteiger partial charge in [-0.15, -0.1) is 0 Å². The molecule has 0 radical (unpaired) electrons. The molecule has 0 bridgehead atoms. The number of nitrogens with zero attached hydrogens (tertiary/aromatic N) is 1. The van der Waals surface area contributed by atoms with Crippen molar-refractivity contribution in [2.24, 2.45) is 0 Å². The van der Waals surface area contributed by atoms with Crippen LogP contribution in [0.5, 0.6) is 0 Å². The zero-order valence-corrected chi connectivity index (χ0v) is 44.1. The van der Waals surface area contributed by atoms with Gasteiger partial charge in [0.05, 0.1) is 27.7 Å². The largest absolute Gasteiger partial charge is 0.472 e. The van der Waals surface area contributed by atoms with E-state index in [2.05, 4.69) is 86.8 Å². The van der Waals surface area contributed by atoms with Gasteiger partial charge < -0.3 is 18.9 Å². The Hall–Kier alpha value is -2.55. The molecule has 66 heavy (non-hydrogen) atoms. The summed E-state index contributed by atoms with van der Waals surface area (Å²) < 4.78 is 34.4. The van der Waals surface area contributed by atoms with Crippen molar-refractivity contribution < 1.29 is 42.1 Å². The summed E-state index contributed by atoms with van der Waals surface area (Å²) in [5.41, 5.74) is 0. The molecule has 2 atom stereocenters. The van der Waals surface area contributed by atoms with Crippen LogP contribution < -0.4 is 0 Å². The number of carbonyl (C=O) groups is 2. The summed E-state index contributed by atoms with van der Waals surface area (Å²) >= 11 is 0. The number of hydrogen-bond acceptors (Lipinski definition) is 7.